The highest BCUT2D eigenvalue weighted by atomic mass is 19.1. The third-order valence-electron chi connectivity index (χ3n) is 2.46. The van der Waals surface area contributed by atoms with Gasteiger partial charge >= 0.3 is 0 Å². The lowest BCUT2D eigenvalue weighted by Gasteiger charge is -2.13. The lowest BCUT2D eigenvalue weighted by atomic mass is 10.0. The van der Waals surface area contributed by atoms with E-state index in [1.54, 1.807) is 0 Å². The SMILES string of the molecule is OC(c1ccc(F)cc1)c1c(F)cccc1F. The Hall–Kier alpha value is -1.81. The zero-order valence-corrected chi connectivity index (χ0v) is 8.70. The molecule has 0 aliphatic rings. The highest BCUT2D eigenvalue weighted by Crippen LogP contribution is 2.26. The molecule has 0 aliphatic heterocycles. The average molecular weight is 238 g/mol. The molecule has 0 heterocycles. The monoisotopic (exact) mass is 238 g/mol. The van der Waals surface area contributed by atoms with Crippen molar-refractivity contribution in [2.24, 2.45) is 0 Å². The van der Waals surface area contributed by atoms with E-state index in [-0.39, 0.29) is 5.56 Å². The molecular weight excluding hydrogens is 229 g/mol. The molecule has 0 bridgehead atoms. The van der Waals surface area contributed by atoms with Crippen molar-refractivity contribution in [3.8, 4) is 0 Å². The standard InChI is InChI=1S/C13H9F3O/c14-9-6-4-8(5-7-9)13(17)12-10(15)2-1-3-11(12)16/h1-7,13,17H. The maximum Gasteiger partial charge on any atom is 0.132 e. The number of hydrogen-bond donors (Lipinski definition) is 1. The Morgan fingerprint density at radius 3 is 1.88 bits per heavy atom. The summed E-state index contributed by atoms with van der Waals surface area (Å²) in [4.78, 5) is 0. The third kappa shape index (κ3) is 2.31. The smallest absolute Gasteiger partial charge is 0.132 e. The van der Waals surface area contributed by atoms with Crippen LogP contribution in [0, 0.1) is 17.5 Å². The highest BCUT2D eigenvalue weighted by molar-refractivity contribution is 5.31. The Balaban J connectivity index is 2.43. The van der Waals surface area contributed by atoms with Crippen LogP contribution in [0.15, 0.2) is 42.5 Å². The fourth-order valence-corrected chi connectivity index (χ4v) is 1.58. The van der Waals surface area contributed by atoms with Gasteiger partial charge < -0.3 is 5.11 Å². The van der Waals surface area contributed by atoms with E-state index < -0.39 is 29.1 Å². The van der Waals surface area contributed by atoms with E-state index in [4.69, 9.17) is 0 Å². The first-order valence-corrected chi connectivity index (χ1v) is 4.97. The molecule has 2 aromatic rings. The van der Waals surface area contributed by atoms with Crippen molar-refractivity contribution in [1.82, 2.24) is 0 Å². The van der Waals surface area contributed by atoms with Gasteiger partial charge in [0, 0.05) is 0 Å². The Morgan fingerprint density at radius 2 is 1.35 bits per heavy atom. The summed E-state index contributed by atoms with van der Waals surface area (Å²) in [7, 11) is 0. The van der Waals surface area contributed by atoms with Crippen molar-refractivity contribution in [2.75, 3.05) is 0 Å². The second-order valence-corrected chi connectivity index (χ2v) is 3.59. The predicted molar refractivity (Wildman–Crippen MR) is 56.8 cm³/mol. The van der Waals surface area contributed by atoms with Crippen molar-refractivity contribution < 1.29 is 18.3 Å². The molecule has 0 spiro atoms. The van der Waals surface area contributed by atoms with E-state index in [0.717, 1.165) is 24.3 Å². The molecule has 88 valence electrons. The molecule has 2 aromatic carbocycles. The van der Waals surface area contributed by atoms with E-state index >= 15 is 0 Å². The number of aliphatic hydroxyl groups is 1. The van der Waals surface area contributed by atoms with Crippen LogP contribution >= 0.6 is 0 Å². The van der Waals surface area contributed by atoms with E-state index in [9.17, 15) is 18.3 Å². The lowest BCUT2D eigenvalue weighted by molar-refractivity contribution is 0.209. The summed E-state index contributed by atoms with van der Waals surface area (Å²) in [6.45, 7) is 0. The predicted octanol–water partition coefficient (Wildman–Crippen LogP) is 3.19. The Morgan fingerprint density at radius 1 is 0.824 bits per heavy atom. The van der Waals surface area contributed by atoms with E-state index in [0.29, 0.717) is 0 Å². The van der Waals surface area contributed by atoms with Crippen LogP contribution in [0.25, 0.3) is 0 Å². The van der Waals surface area contributed by atoms with Crippen LogP contribution in [-0.4, -0.2) is 5.11 Å². The van der Waals surface area contributed by atoms with Crippen molar-refractivity contribution in [3.63, 3.8) is 0 Å². The molecule has 0 radical (unpaired) electrons. The normalized spacial score (nSPS) is 12.5. The third-order valence-corrected chi connectivity index (χ3v) is 2.46. The van der Waals surface area contributed by atoms with Gasteiger partial charge in [0.15, 0.2) is 0 Å². The zero-order chi connectivity index (χ0) is 12.4. The summed E-state index contributed by atoms with van der Waals surface area (Å²) < 4.78 is 39.5. The van der Waals surface area contributed by atoms with E-state index in [1.807, 2.05) is 0 Å². The van der Waals surface area contributed by atoms with Crippen LogP contribution in [0.2, 0.25) is 0 Å². The average Bonchev–Trinajstić information content (AvgIpc) is 2.29. The molecule has 0 saturated heterocycles. The molecule has 0 aliphatic carbocycles. The van der Waals surface area contributed by atoms with Crippen LogP contribution in [0.3, 0.4) is 0 Å². The first-order chi connectivity index (χ1) is 8.09. The molecule has 0 aromatic heterocycles. The summed E-state index contributed by atoms with van der Waals surface area (Å²) in [5.74, 6) is -2.14. The molecule has 1 nitrogen and oxygen atoms in total. The summed E-state index contributed by atoms with van der Waals surface area (Å²) >= 11 is 0. The topological polar surface area (TPSA) is 20.2 Å². The van der Waals surface area contributed by atoms with Crippen molar-refractivity contribution in [1.29, 1.82) is 0 Å². The van der Waals surface area contributed by atoms with Crippen LogP contribution in [-0.2, 0) is 0 Å². The van der Waals surface area contributed by atoms with Gasteiger partial charge in [0.05, 0.1) is 5.56 Å². The largest absolute Gasteiger partial charge is 0.383 e. The van der Waals surface area contributed by atoms with Crippen molar-refractivity contribution in [2.45, 2.75) is 6.10 Å². The van der Waals surface area contributed by atoms with Gasteiger partial charge in [0.1, 0.15) is 23.6 Å². The van der Waals surface area contributed by atoms with Crippen LogP contribution in [0.5, 0.6) is 0 Å². The first-order valence-electron chi connectivity index (χ1n) is 4.97. The van der Waals surface area contributed by atoms with E-state index in [2.05, 4.69) is 0 Å². The van der Waals surface area contributed by atoms with Crippen LogP contribution in [0.4, 0.5) is 13.2 Å². The van der Waals surface area contributed by atoms with Gasteiger partial charge in [-0.1, -0.05) is 18.2 Å². The summed E-state index contributed by atoms with van der Waals surface area (Å²) in [5, 5.41) is 9.84. The van der Waals surface area contributed by atoms with Crippen LogP contribution in [0.1, 0.15) is 17.2 Å². The van der Waals surface area contributed by atoms with Gasteiger partial charge in [0.2, 0.25) is 0 Å². The fourth-order valence-electron chi connectivity index (χ4n) is 1.58. The molecule has 2 rings (SSSR count). The van der Waals surface area contributed by atoms with Gasteiger partial charge in [-0.2, -0.15) is 0 Å². The quantitative estimate of drug-likeness (QED) is 0.851. The van der Waals surface area contributed by atoms with E-state index in [1.165, 1.54) is 18.2 Å². The molecule has 17 heavy (non-hydrogen) atoms. The number of aliphatic hydroxyl groups excluding tert-OH is 1. The first kappa shape index (κ1) is 11.7. The van der Waals surface area contributed by atoms with Gasteiger partial charge in [-0.3, -0.25) is 0 Å². The Labute approximate surface area is 96.1 Å². The van der Waals surface area contributed by atoms with Crippen LogP contribution < -0.4 is 0 Å². The molecule has 1 atom stereocenters. The number of hydrogen-bond acceptors (Lipinski definition) is 1. The zero-order valence-electron chi connectivity index (χ0n) is 8.70. The summed E-state index contributed by atoms with van der Waals surface area (Å²) in [5.41, 5.74) is -0.200. The minimum absolute atomic E-state index is 0.232. The van der Waals surface area contributed by atoms with Crippen molar-refractivity contribution >= 4 is 0 Å². The highest BCUT2D eigenvalue weighted by Gasteiger charge is 2.19. The van der Waals surface area contributed by atoms with Gasteiger partial charge in [-0.05, 0) is 29.8 Å². The Kier molecular flexibility index (Phi) is 3.15. The molecule has 1 N–H and O–H groups in total. The number of rotatable bonds is 2. The molecule has 4 heteroatoms. The molecule has 1 unspecified atom stereocenters. The second-order valence-electron chi connectivity index (χ2n) is 3.59. The minimum Gasteiger partial charge on any atom is -0.383 e. The second kappa shape index (κ2) is 4.59. The number of benzene rings is 2. The minimum atomic E-state index is -1.45. The van der Waals surface area contributed by atoms with Gasteiger partial charge in [-0.15, -0.1) is 0 Å². The molecule has 0 fully saturated rings. The summed E-state index contributed by atoms with van der Waals surface area (Å²) in [6.07, 6.45) is -1.45. The molecular formula is C13H9F3O. The molecule has 0 amide bonds. The lowest BCUT2D eigenvalue weighted by Crippen LogP contribution is -2.05. The van der Waals surface area contributed by atoms with Crippen molar-refractivity contribution in [3.05, 3.63) is 71.0 Å². The molecule has 0 saturated carbocycles. The Bertz CT molecular complexity index is 502. The number of halogens is 3. The van der Waals surface area contributed by atoms with Gasteiger partial charge in [0.25, 0.3) is 0 Å². The van der Waals surface area contributed by atoms with Gasteiger partial charge in [-0.25, -0.2) is 13.2 Å². The summed E-state index contributed by atoms with van der Waals surface area (Å²) in [6, 6.07) is 8.15. The maximum absolute atomic E-state index is 13.4. The fraction of sp³-hybridized carbons (Fsp3) is 0.0769. The maximum atomic E-state index is 13.4.